The molecular weight excluding hydrogens is 378 g/mol. The second kappa shape index (κ2) is 8.21. The van der Waals surface area contributed by atoms with Crippen LogP contribution in [0.3, 0.4) is 0 Å². The Morgan fingerprint density at radius 1 is 1.00 bits per heavy atom. The number of hydrogen-bond acceptors (Lipinski definition) is 4. The van der Waals surface area contributed by atoms with Gasteiger partial charge in [-0.1, -0.05) is 24.3 Å². The fourth-order valence-electron chi connectivity index (χ4n) is 3.36. The number of nitrogens with zero attached hydrogens (tertiary/aromatic N) is 2. The first kappa shape index (κ1) is 19.4. The Labute approximate surface area is 173 Å². The molecule has 0 saturated carbocycles. The molecule has 0 aliphatic rings. The van der Waals surface area contributed by atoms with Gasteiger partial charge in [-0.2, -0.15) is 0 Å². The Balaban J connectivity index is 1.63. The van der Waals surface area contributed by atoms with Crippen LogP contribution in [0.15, 0.2) is 77.6 Å². The van der Waals surface area contributed by atoms with Gasteiger partial charge in [0.25, 0.3) is 11.5 Å². The van der Waals surface area contributed by atoms with Crippen molar-refractivity contribution in [3.63, 3.8) is 0 Å². The summed E-state index contributed by atoms with van der Waals surface area (Å²) in [5, 5.41) is 3.43. The summed E-state index contributed by atoms with van der Waals surface area (Å²) in [6, 6.07) is 21.4. The van der Waals surface area contributed by atoms with Crippen LogP contribution in [0.4, 0.5) is 5.69 Å². The summed E-state index contributed by atoms with van der Waals surface area (Å²) in [6.07, 6.45) is 0. The van der Waals surface area contributed by atoms with Crippen molar-refractivity contribution in [1.82, 2.24) is 9.55 Å². The maximum atomic E-state index is 12.9. The Hall–Kier alpha value is -3.93. The van der Waals surface area contributed by atoms with Crippen molar-refractivity contribution in [1.29, 1.82) is 0 Å². The smallest absolute Gasteiger partial charge is 0.265 e. The van der Waals surface area contributed by atoms with Crippen molar-refractivity contribution in [2.24, 2.45) is 0 Å². The number of para-hydroxylation sites is 3. The van der Waals surface area contributed by atoms with Gasteiger partial charge in [0.2, 0.25) is 0 Å². The number of benzene rings is 3. The molecule has 1 aromatic heterocycles. The summed E-state index contributed by atoms with van der Waals surface area (Å²) in [7, 11) is 0. The number of anilines is 1. The number of aromatic nitrogens is 2. The molecule has 0 saturated heterocycles. The molecule has 0 fully saturated rings. The number of nitrogens with one attached hydrogen (secondary N) is 1. The highest BCUT2D eigenvalue weighted by Crippen LogP contribution is 2.24. The minimum absolute atomic E-state index is 0.138. The highest BCUT2D eigenvalue weighted by molar-refractivity contribution is 6.05. The Morgan fingerprint density at radius 2 is 1.70 bits per heavy atom. The largest absolute Gasteiger partial charge is 0.492 e. The van der Waals surface area contributed by atoms with Crippen LogP contribution in [0.25, 0.3) is 16.6 Å². The van der Waals surface area contributed by atoms with Gasteiger partial charge in [-0.25, -0.2) is 4.98 Å². The van der Waals surface area contributed by atoms with E-state index < -0.39 is 0 Å². The summed E-state index contributed by atoms with van der Waals surface area (Å²) < 4.78 is 7.10. The van der Waals surface area contributed by atoms with Crippen LogP contribution >= 0.6 is 0 Å². The topological polar surface area (TPSA) is 73.2 Å². The number of rotatable bonds is 5. The SMILES string of the molecule is CCOc1ccccc1NC(=O)c1ccc(-n2c(C)nc3ccccc3c2=O)cc1. The van der Waals surface area contributed by atoms with Crippen LogP contribution in [0, 0.1) is 6.92 Å². The van der Waals surface area contributed by atoms with Crippen molar-refractivity contribution in [2.75, 3.05) is 11.9 Å². The van der Waals surface area contributed by atoms with Crippen molar-refractivity contribution >= 4 is 22.5 Å². The van der Waals surface area contributed by atoms with Crippen molar-refractivity contribution in [2.45, 2.75) is 13.8 Å². The van der Waals surface area contributed by atoms with Crippen molar-refractivity contribution < 1.29 is 9.53 Å². The third kappa shape index (κ3) is 3.67. The molecule has 1 N–H and O–H groups in total. The maximum absolute atomic E-state index is 12.9. The quantitative estimate of drug-likeness (QED) is 0.542. The van der Waals surface area contributed by atoms with Crippen LogP contribution < -0.4 is 15.6 Å². The number of amides is 1. The number of hydrogen-bond donors (Lipinski definition) is 1. The number of carbonyl (C=O) groups is 1. The lowest BCUT2D eigenvalue weighted by molar-refractivity contribution is 0.102. The Bertz CT molecular complexity index is 1280. The van der Waals surface area contributed by atoms with Gasteiger partial charge < -0.3 is 10.1 Å². The zero-order chi connectivity index (χ0) is 21.1. The summed E-state index contributed by atoms with van der Waals surface area (Å²) in [4.78, 5) is 30.1. The molecule has 0 aliphatic carbocycles. The minimum Gasteiger partial charge on any atom is -0.492 e. The molecule has 1 amide bonds. The van der Waals surface area contributed by atoms with E-state index in [1.165, 1.54) is 0 Å². The van der Waals surface area contributed by atoms with Crippen LogP contribution in [0.2, 0.25) is 0 Å². The summed E-state index contributed by atoms with van der Waals surface area (Å²) >= 11 is 0. The van der Waals surface area contributed by atoms with Crippen molar-refractivity contribution in [3.8, 4) is 11.4 Å². The van der Waals surface area contributed by atoms with Gasteiger partial charge in [-0.3, -0.25) is 14.2 Å². The molecule has 4 rings (SSSR count). The van der Waals surface area contributed by atoms with Gasteiger partial charge >= 0.3 is 0 Å². The van der Waals surface area contributed by atoms with E-state index in [4.69, 9.17) is 4.74 Å². The van der Waals surface area contributed by atoms with Gasteiger partial charge in [-0.05, 0) is 62.4 Å². The highest BCUT2D eigenvalue weighted by atomic mass is 16.5. The van der Waals surface area contributed by atoms with E-state index in [2.05, 4.69) is 10.3 Å². The maximum Gasteiger partial charge on any atom is 0.265 e. The van der Waals surface area contributed by atoms with Crippen LogP contribution in [-0.4, -0.2) is 22.1 Å². The van der Waals surface area contributed by atoms with Crippen LogP contribution in [0.1, 0.15) is 23.1 Å². The predicted octanol–water partition coefficient (Wildman–Crippen LogP) is 4.35. The van der Waals surface area contributed by atoms with Gasteiger partial charge in [0.05, 0.1) is 28.9 Å². The summed E-state index contributed by atoms with van der Waals surface area (Å²) in [5.74, 6) is 0.949. The summed E-state index contributed by atoms with van der Waals surface area (Å²) in [5.41, 5.74) is 2.27. The first-order chi connectivity index (χ1) is 14.6. The molecule has 30 heavy (non-hydrogen) atoms. The average molecular weight is 399 g/mol. The molecular formula is C24H21N3O3. The number of carbonyl (C=O) groups excluding carboxylic acids is 1. The lowest BCUT2D eigenvalue weighted by atomic mass is 10.1. The standard InChI is InChI=1S/C24H21N3O3/c1-3-30-22-11-7-6-10-21(22)26-23(28)17-12-14-18(15-13-17)27-16(2)25-20-9-5-4-8-19(20)24(27)29/h4-15H,3H2,1-2H3,(H,26,28). The van der Waals surface area contributed by atoms with E-state index >= 15 is 0 Å². The van der Waals surface area contributed by atoms with Crippen molar-refractivity contribution in [3.05, 3.63) is 94.5 Å². The highest BCUT2D eigenvalue weighted by Gasteiger charge is 2.12. The molecule has 1 heterocycles. The zero-order valence-electron chi connectivity index (χ0n) is 16.8. The lowest BCUT2D eigenvalue weighted by Crippen LogP contribution is -2.22. The molecule has 4 aromatic rings. The van der Waals surface area contributed by atoms with Crippen LogP contribution in [-0.2, 0) is 0 Å². The van der Waals surface area contributed by atoms with Gasteiger partial charge in [-0.15, -0.1) is 0 Å². The monoisotopic (exact) mass is 399 g/mol. The molecule has 0 unspecified atom stereocenters. The molecule has 0 spiro atoms. The van der Waals surface area contributed by atoms with E-state index in [-0.39, 0.29) is 11.5 Å². The fourth-order valence-corrected chi connectivity index (χ4v) is 3.36. The van der Waals surface area contributed by atoms with E-state index in [0.717, 1.165) is 0 Å². The van der Waals surface area contributed by atoms with Gasteiger partial charge in [0, 0.05) is 5.56 Å². The predicted molar refractivity (Wildman–Crippen MR) is 118 cm³/mol. The molecule has 3 aromatic carbocycles. The number of aryl methyl sites for hydroxylation is 1. The average Bonchev–Trinajstić information content (AvgIpc) is 2.76. The molecule has 6 nitrogen and oxygen atoms in total. The zero-order valence-corrected chi connectivity index (χ0v) is 16.8. The Kier molecular flexibility index (Phi) is 5.30. The van der Waals surface area contributed by atoms with E-state index in [1.54, 1.807) is 47.9 Å². The van der Waals surface area contributed by atoms with E-state index in [9.17, 15) is 9.59 Å². The fraction of sp³-hybridized carbons (Fsp3) is 0.125. The number of fused-ring (bicyclic) bond motifs is 1. The Morgan fingerprint density at radius 3 is 2.47 bits per heavy atom. The first-order valence-electron chi connectivity index (χ1n) is 9.70. The third-order valence-electron chi connectivity index (χ3n) is 4.77. The lowest BCUT2D eigenvalue weighted by Gasteiger charge is -2.13. The molecule has 0 radical (unpaired) electrons. The number of ether oxygens (including phenoxy) is 1. The van der Waals surface area contributed by atoms with Crippen LogP contribution in [0.5, 0.6) is 5.75 Å². The van der Waals surface area contributed by atoms with E-state index in [0.29, 0.717) is 46.0 Å². The normalized spacial score (nSPS) is 10.7. The molecule has 0 bridgehead atoms. The van der Waals surface area contributed by atoms with Gasteiger partial charge in [0.1, 0.15) is 11.6 Å². The molecule has 0 atom stereocenters. The second-order valence-electron chi connectivity index (χ2n) is 6.75. The molecule has 6 heteroatoms. The van der Waals surface area contributed by atoms with Gasteiger partial charge in [0.15, 0.2) is 0 Å². The first-order valence-corrected chi connectivity index (χ1v) is 9.70. The van der Waals surface area contributed by atoms with E-state index in [1.807, 2.05) is 43.3 Å². The molecule has 150 valence electrons. The minimum atomic E-state index is -0.255. The third-order valence-corrected chi connectivity index (χ3v) is 4.77. The molecule has 0 aliphatic heterocycles. The second-order valence-corrected chi connectivity index (χ2v) is 6.75. The summed E-state index contributed by atoms with van der Waals surface area (Å²) in [6.45, 7) is 4.19.